The van der Waals surface area contributed by atoms with Crippen LogP contribution in [0.15, 0.2) is 48.5 Å². The zero-order valence-electron chi connectivity index (χ0n) is 11.3. The Morgan fingerprint density at radius 3 is 2.11 bits per heavy atom. The zero-order chi connectivity index (χ0) is 13.8. The van der Waals surface area contributed by atoms with Gasteiger partial charge in [0.2, 0.25) is 0 Å². The molecule has 0 heterocycles. The molecule has 0 aliphatic carbocycles. The molecule has 0 spiro atoms. The van der Waals surface area contributed by atoms with E-state index in [2.05, 4.69) is 0 Å². The third-order valence-electron chi connectivity index (χ3n) is 3.55. The molecule has 2 rings (SSSR count). The molecule has 1 N–H and O–H groups in total. The molecular formula is C17H18O2. The van der Waals surface area contributed by atoms with Gasteiger partial charge in [0.05, 0.1) is 5.92 Å². The first kappa shape index (κ1) is 13.3. The Hall–Kier alpha value is -2.09. The van der Waals surface area contributed by atoms with Crippen molar-refractivity contribution in [1.82, 2.24) is 0 Å². The van der Waals surface area contributed by atoms with Crippen LogP contribution in [-0.4, -0.2) is 11.1 Å². The van der Waals surface area contributed by atoms with Crippen LogP contribution in [0.1, 0.15) is 28.2 Å². The van der Waals surface area contributed by atoms with Crippen LogP contribution in [0.3, 0.4) is 0 Å². The number of carbonyl (C=O) groups is 1. The summed E-state index contributed by atoms with van der Waals surface area (Å²) in [6, 6.07) is 15.5. The maximum atomic E-state index is 11.5. The van der Waals surface area contributed by atoms with Crippen LogP contribution < -0.4 is 0 Å². The van der Waals surface area contributed by atoms with Crippen LogP contribution in [0.4, 0.5) is 0 Å². The van der Waals surface area contributed by atoms with Crippen LogP contribution in [0.5, 0.6) is 0 Å². The Kier molecular flexibility index (Phi) is 4.00. The quantitative estimate of drug-likeness (QED) is 0.903. The summed E-state index contributed by atoms with van der Waals surface area (Å²) in [7, 11) is 0. The van der Waals surface area contributed by atoms with Crippen molar-refractivity contribution in [2.45, 2.75) is 26.2 Å². The summed E-state index contributed by atoms with van der Waals surface area (Å²) in [5.74, 6) is -1.25. The molecule has 0 radical (unpaired) electrons. The molecule has 0 aliphatic rings. The minimum absolute atomic E-state index is 0.485. The highest BCUT2D eigenvalue weighted by molar-refractivity contribution is 5.76. The van der Waals surface area contributed by atoms with E-state index in [1.807, 2.05) is 62.4 Å². The number of aryl methyl sites for hydroxylation is 2. The molecule has 98 valence electrons. The van der Waals surface area contributed by atoms with E-state index in [-0.39, 0.29) is 0 Å². The molecule has 2 aromatic rings. The summed E-state index contributed by atoms with van der Waals surface area (Å²) in [6.45, 7) is 4.07. The second kappa shape index (κ2) is 5.70. The second-order valence-corrected chi connectivity index (χ2v) is 4.88. The second-order valence-electron chi connectivity index (χ2n) is 4.88. The first-order valence-corrected chi connectivity index (χ1v) is 6.42. The lowest BCUT2D eigenvalue weighted by Crippen LogP contribution is -2.15. The van der Waals surface area contributed by atoms with E-state index in [0.29, 0.717) is 6.42 Å². The smallest absolute Gasteiger partial charge is 0.311 e. The molecule has 0 aliphatic heterocycles. The van der Waals surface area contributed by atoms with Gasteiger partial charge in [-0.2, -0.15) is 0 Å². The summed E-state index contributed by atoms with van der Waals surface area (Å²) in [5, 5.41) is 9.47. The van der Waals surface area contributed by atoms with Crippen LogP contribution >= 0.6 is 0 Å². The summed E-state index contributed by atoms with van der Waals surface area (Å²) in [4.78, 5) is 11.5. The first-order valence-electron chi connectivity index (χ1n) is 6.42. The molecule has 0 bridgehead atoms. The Balaban J connectivity index is 2.35. The summed E-state index contributed by atoms with van der Waals surface area (Å²) in [5.41, 5.74) is 4.31. The third kappa shape index (κ3) is 3.02. The van der Waals surface area contributed by atoms with Crippen molar-refractivity contribution in [2.75, 3.05) is 0 Å². The van der Waals surface area contributed by atoms with Crippen LogP contribution in [-0.2, 0) is 11.2 Å². The monoisotopic (exact) mass is 254 g/mol. The first-order chi connectivity index (χ1) is 9.09. The van der Waals surface area contributed by atoms with Gasteiger partial charge < -0.3 is 5.11 Å². The maximum absolute atomic E-state index is 11.5. The van der Waals surface area contributed by atoms with E-state index >= 15 is 0 Å². The lowest BCUT2D eigenvalue weighted by Gasteiger charge is -2.16. The van der Waals surface area contributed by atoms with Gasteiger partial charge in [-0.15, -0.1) is 0 Å². The van der Waals surface area contributed by atoms with E-state index < -0.39 is 11.9 Å². The molecule has 0 saturated heterocycles. The van der Waals surface area contributed by atoms with E-state index in [1.54, 1.807) is 0 Å². The van der Waals surface area contributed by atoms with Crippen LogP contribution in [0.2, 0.25) is 0 Å². The Labute approximate surface area is 113 Å². The predicted octanol–water partition coefficient (Wildman–Crippen LogP) is 3.71. The molecule has 1 atom stereocenters. The molecular weight excluding hydrogens is 236 g/mol. The van der Waals surface area contributed by atoms with Gasteiger partial charge in [0.1, 0.15) is 0 Å². The zero-order valence-corrected chi connectivity index (χ0v) is 11.3. The third-order valence-corrected chi connectivity index (χ3v) is 3.55. The summed E-state index contributed by atoms with van der Waals surface area (Å²) in [6.07, 6.45) is 0.540. The minimum atomic E-state index is -0.770. The topological polar surface area (TPSA) is 37.3 Å². The van der Waals surface area contributed by atoms with Gasteiger partial charge in [0.25, 0.3) is 0 Å². The minimum Gasteiger partial charge on any atom is -0.481 e. The fourth-order valence-corrected chi connectivity index (χ4v) is 2.41. The maximum Gasteiger partial charge on any atom is 0.311 e. The van der Waals surface area contributed by atoms with Gasteiger partial charge in [-0.1, -0.05) is 48.5 Å². The summed E-state index contributed by atoms with van der Waals surface area (Å²) >= 11 is 0. The van der Waals surface area contributed by atoms with Crippen molar-refractivity contribution in [1.29, 1.82) is 0 Å². The molecule has 2 aromatic carbocycles. The van der Waals surface area contributed by atoms with E-state index in [4.69, 9.17) is 0 Å². The highest BCUT2D eigenvalue weighted by atomic mass is 16.4. The van der Waals surface area contributed by atoms with E-state index in [1.165, 1.54) is 0 Å². The Bertz CT molecular complexity index is 553. The normalized spacial score (nSPS) is 12.1. The van der Waals surface area contributed by atoms with Crippen molar-refractivity contribution in [3.05, 3.63) is 70.8 Å². The standard InChI is InChI=1S/C17H18O2/c1-12-7-6-8-13(2)15(12)11-16(17(18)19)14-9-4-3-5-10-14/h3-10,16H,11H2,1-2H3,(H,18,19). The SMILES string of the molecule is Cc1cccc(C)c1CC(C(=O)O)c1ccccc1. The van der Waals surface area contributed by atoms with Gasteiger partial charge in [0, 0.05) is 0 Å². The molecule has 2 heteroatoms. The van der Waals surface area contributed by atoms with Crippen molar-refractivity contribution in [3.63, 3.8) is 0 Å². The Morgan fingerprint density at radius 1 is 1.00 bits per heavy atom. The molecule has 0 saturated carbocycles. The number of carboxylic acids is 1. The molecule has 0 amide bonds. The molecule has 19 heavy (non-hydrogen) atoms. The fraction of sp³-hybridized carbons (Fsp3) is 0.235. The van der Waals surface area contributed by atoms with Crippen LogP contribution in [0, 0.1) is 13.8 Å². The largest absolute Gasteiger partial charge is 0.481 e. The predicted molar refractivity (Wildman–Crippen MR) is 76.4 cm³/mol. The highest BCUT2D eigenvalue weighted by Gasteiger charge is 2.21. The lowest BCUT2D eigenvalue weighted by molar-refractivity contribution is -0.138. The molecule has 1 unspecified atom stereocenters. The number of hydrogen-bond donors (Lipinski definition) is 1. The van der Waals surface area contributed by atoms with Crippen molar-refractivity contribution < 1.29 is 9.90 Å². The van der Waals surface area contributed by atoms with Crippen molar-refractivity contribution in [2.24, 2.45) is 0 Å². The van der Waals surface area contributed by atoms with Gasteiger partial charge in [-0.25, -0.2) is 0 Å². The van der Waals surface area contributed by atoms with Gasteiger partial charge in [-0.05, 0) is 42.5 Å². The van der Waals surface area contributed by atoms with Gasteiger partial charge in [0.15, 0.2) is 0 Å². The number of benzene rings is 2. The number of aliphatic carboxylic acids is 1. The molecule has 0 fully saturated rings. The Morgan fingerprint density at radius 2 is 1.58 bits per heavy atom. The molecule has 0 aromatic heterocycles. The lowest BCUT2D eigenvalue weighted by atomic mass is 9.88. The average molecular weight is 254 g/mol. The van der Waals surface area contributed by atoms with Crippen molar-refractivity contribution >= 4 is 5.97 Å². The van der Waals surface area contributed by atoms with E-state index in [0.717, 1.165) is 22.3 Å². The van der Waals surface area contributed by atoms with Gasteiger partial charge in [-0.3, -0.25) is 4.79 Å². The number of rotatable bonds is 4. The highest BCUT2D eigenvalue weighted by Crippen LogP contribution is 2.25. The van der Waals surface area contributed by atoms with Gasteiger partial charge >= 0.3 is 5.97 Å². The number of hydrogen-bond acceptors (Lipinski definition) is 1. The van der Waals surface area contributed by atoms with E-state index in [9.17, 15) is 9.90 Å². The average Bonchev–Trinajstić information content (AvgIpc) is 2.39. The number of carboxylic acid groups (broad SMARTS) is 1. The molecule has 2 nitrogen and oxygen atoms in total. The van der Waals surface area contributed by atoms with Crippen LogP contribution in [0.25, 0.3) is 0 Å². The fourth-order valence-electron chi connectivity index (χ4n) is 2.41. The summed E-state index contributed by atoms with van der Waals surface area (Å²) < 4.78 is 0. The van der Waals surface area contributed by atoms with Crippen molar-refractivity contribution in [3.8, 4) is 0 Å².